The van der Waals surface area contributed by atoms with E-state index >= 15 is 0 Å². The molecule has 1 heterocycles. The number of nitrogens with zero attached hydrogens (tertiary/aromatic N) is 2. The Morgan fingerprint density at radius 3 is 2.39 bits per heavy atom. The lowest BCUT2D eigenvalue weighted by molar-refractivity contribution is -0.124. The average Bonchev–Trinajstić information content (AvgIpc) is 3.10. The predicted octanol–water partition coefficient (Wildman–Crippen LogP) is 3.46. The van der Waals surface area contributed by atoms with Crippen LogP contribution in [0.5, 0.6) is 0 Å². The number of amides is 1. The molecule has 0 aliphatic heterocycles. The molecule has 0 saturated heterocycles. The number of carbonyl (C=O) groups excluding carboxylic acids is 3. The van der Waals surface area contributed by atoms with E-state index in [4.69, 9.17) is 16.3 Å². The second-order valence-electron chi connectivity index (χ2n) is 7.34. The van der Waals surface area contributed by atoms with Crippen LogP contribution in [0.15, 0.2) is 48.5 Å². The van der Waals surface area contributed by atoms with E-state index in [1.54, 1.807) is 48.9 Å². The summed E-state index contributed by atoms with van der Waals surface area (Å²) in [7, 11) is 1.31. The van der Waals surface area contributed by atoms with E-state index in [0.29, 0.717) is 34.1 Å². The number of esters is 2. The lowest BCUT2D eigenvalue weighted by Gasteiger charge is -2.08. The van der Waals surface area contributed by atoms with Crippen LogP contribution in [-0.4, -0.2) is 41.3 Å². The number of hydrogen-bond acceptors (Lipinski definition) is 6. The first-order valence-corrected chi connectivity index (χ1v) is 10.6. The molecule has 9 heteroatoms. The Hall–Kier alpha value is -3.65. The minimum atomic E-state index is -0.618. The van der Waals surface area contributed by atoms with Crippen molar-refractivity contribution in [1.82, 2.24) is 15.1 Å². The molecule has 0 fully saturated rings. The summed E-state index contributed by atoms with van der Waals surface area (Å²) in [5.74, 6) is -1.49. The average molecular weight is 470 g/mol. The topological polar surface area (TPSA) is 99.5 Å². The summed E-state index contributed by atoms with van der Waals surface area (Å²) in [6.07, 6.45) is 0. The molecule has 1 aromatic heterocycles. The Morgan fingerprint density at radius 1 is 1.03 bits per heavy atom. The van der Waals surface area contributed by atoms with E-state index in [2.05, 4.69) is 15.2 Å². The standard InChI is InChI=1S/C24H24ClN3O5/c1-15-22(16(2)28(27-15)13-19-6-4-5-7-20(19)25)24(31)33-14-21(29)26-12-17-8-10-18(11-9-17)23(30)32-3/h4-11H,12-14H2,1-3H3,(H,26,29). The summed E-state index contributed by atoms with van der Waals surface area (Å²) in [5, 5.41) is 7.71. The van der Waals surface area contributed by atoms with Crippen molar-refractivity contribution in [3.05, 3.63) is 87.2 Å². The van der Waals surface area contributed by atoms with Crippen LogP contribution >= 0.6 is 11.6 Å². The van der Waals surface area contributed by atoms with E-state index in [0.717, 1.165) is 11.1 Å². The molecule has 0 spiro atoms. The second-order valence-corrected chi connectivity index (χ2v) is 7.74. The van der Waals surface area contributed by atoms with Crippen molar-refractivity contribution < 1.29 is 23.9 Å². The predicted molar refractivity (Wildman–Crippen MR) is 122 cm³/mol. The first kappa shape index (κ1) is 24.0. The first-order valence-electron chi connectivity index (χ1n) is 10.2. The van der Waals surface area contributed by atoms with Crippen LogP contribution in [0.3, 0.4) is 0 Å². The zero-order valence-corrected chi connectivity index (χ0v) is 19.3. The molecule has 0 aliphatic rings. The van der Waals surface area contributed by atoms with Crippen LogP contribution in [0.4, 0.5) is 0 Å². The van der Waals surface area contributed by atoms with Gasteiger partial charge in [-0.3, -0.25) is 9.48 Å². The number of methoxy groups -OCH3 is 1. The van der Waals surface area contributed by atoms with Crippen LogP contribution in [0.25, 0.3) is 0 Å². The summed E-state index contributed by atoms with van der Waals surface area (Å²) in [6.45, 7) is 3.70. The van der Waals surface area contributed by atoms with Crippen LogP contribution < -0.4 is 5.32 Å². The van der Waals surface area contributed by atoms with Crippen LogP contribution in [0, 0.1) is 13.8 Å². The number of hydrogen-bond donors (Lipinski definition) is 1. The highest BCUT2D eigenvalue weighted by Gasteiger charge is 2.21. The molecular formula is C24H24ClN3O5. The third-order valence-corrected chi connectivity index (χ3v) is 5.43. The van der Waals surface area contributed by atoms with Gasteiger partial charge in [0.2, 0.25) is 0 Å². The molecule has 0 unspecified atom stereocenters. The monoisotopic (exact) mass is 469 g/mol. The van der Waals surface area contributed by atoms with Crippen LogP contribution in [-0.2, 0) is 27.4 Å². The van der Waals surface area contributed by atoms with Gasteiger partial charge >= 0.3 is 11.9 Å². The van der Waals surface area contributed by atoms with Crippen molar-refractivity contribution >= 4 is 29.4 Å². The maximum Gasteiger partial charge on any atom is 0.342 e. The number of benzene rings is 2. The first-order chi connectivity index (χ1) is 15.8. The number of aromatic nitrogens is 2. The van der Waals surface area contributed by atoms with Crippen LogP contribution in [0.2, 0.25) is 5.02 Å². The van der Waals surface area contributed by atoms with E-state index in [1.807, 2.05) is 18.2 Å². The Bertz CT molecular complexity index is 1170. The second kappa shape index (κ2) is 10.8. The highest BCUT2D eigenvalue weighted by atomic mass is 35.5. The van der Waals surface area contributed by atoms with Gasteiger partial charge in [-0.1, -0.05) is 41.9 Å². The largest absolute Gasteiger partial charge is 0.465 e. The number of rotatable bonds is 8. The Kier molecular flexibility index (Phi) is 7.84. The van der Waals surface area contributed by atoms with Gasteiger partial charge in [0.15, 0.2) is 6.61 Å². The van der Waals surface area contributed by atoms with Gasteiger partial charge in [0.1, 0.15) is 5.56 Å². The van der Waals surface area contributed by atoms with E-state index < -0.39 is 24.5 Å². The summed E-state index contributed by atoms with van der Waals surface area (Å²) in [6, 6.07) is 14.1. The zero-order chi connectivity index (χ0) is 24.0. The third kappa shape index (κ3) is 5.98. The highest BCUT2D eigenvalue weighted by Crippen LogP contribution is 2.20. The van der Waals surface area contributed by atoms with Gasteiger partial charge in [0.05, 0.1) is 30.6 Å². The van der Waals surface area contributed by atoms with Crippen molar-refractivity contribution in [2.24, 2.45) is 0 Å². The molecule has 3 rings (SSSR count). The van der Waals surface area contributed by atoms with E-state index in [9.17, 15) is 14.4 Å². The van der Waals surface area contributed by atoms with Gasteiger partial charge < -0.3 is 14.8 Å². The van der Waals surface area contributed by atoms with Crippen LogP contribution in [0.1, 0.15) is 43.2 Å². The quantitative estimate of drug-likeness (QED) is 0.507. The van der Waals surface area contributed by atoms with Gasteiger partial charge in [0.25, 0.3) is 5.91 Å². The molecule has 3 aromatic rings. The van der Waals surface area contributed by atoms with Gasteiger partial charge in [-0.25, -0.2) is 9.59 Å². The minimum absolute atomic E-state index is 0.228. The summed E-state index contributed by atoms with van der Waals surface area (Å²) < 4.78 is 11.5. The highest BCUT2D eigenvalue weighted by molar-refractivity contribution is 6.31. The van der Waals surface area contributed by atoms with E-state index in [-0.39, 0.29) is 6.54 Å². The number of carbonyl (C=O) groups is 3. The SMILES string of the molecule is COC(=O)c1ccc(CNC(=O)COC(=O)c2c(C)nn(Cc3ccccc3Cl)c2C)cc1. The molecule has 33 heavy (non-hydrogen) atoms. The number of nitrogens with one attached hydrogen (secondary N) is 1. The molecule has 0 atom stereocenters. The molecule has 8 nitrogen and oxygen atoms in total. The lowest BCUT2D eigenvalue weighted by Crippen LogP contribution is -2.28. The third-order valence-electron chi connectivity index (χ3n) is 5.06. The minimum Gasteiger partial charge on any atom is -0.465 e. The van der Waals surface area contributed by atoms with Gasteiger partial charge in [-0.05, 0) is 43.2 Å². The number of ether oxygens (including phenoxy) is 2. The molecule has 1 N–H and O–H groups in total. The number of aryl methyl sites for hydroxylation is 1. The van der Waals surface area contributed by atoms with Crippen molar-refractivity contribution in [3.63, 3.8) is 0 Å². The molecule has 172 valence electrons. The van der Waals surface area contributed by atoms with E-state index in [1.165, 1.54) is 7.11 Å². The Balaban J connectivity index is 1.55. The fourth-order valence-electron chi connectivity index (χ4n) is 3.27. The Labute approximate surface area is 196 Å². The molecule has 1 amide bonds. The Morgan fingerprint density at radius 2 is 1.73 bits per heavy atom. The summed E-state index contributed by atoms with van der Waals surface area (Å²) in [4.78, 5) is 36.2. The van der Waals surface area contributed by atoms with Gasteiger partial charge in [-0.15, -0.1) is 0 Å². The number of halogens is 1. The maximum absolute atomic E-state index is 12.6. The van der Waals surface area contributed by atoms with Crippen molar-refractivity contribution in [3.8, 4) is 0 Å². The molecule has 0 saturated carbocycles. The molecule has 0 bridgehead atoms. The smallest absolute Gasteiger partial charge is 0.342 e. The summed E-state index contributed by atoms with van der Waals surface area (Å²) >= 11 is 6.22. The van der Waals surface area contributed by atoms with Crippen molar-refractivity contribution in [2.45, 2.75) is 26.9 Å². The summed E-state index contributed by atoms with van der Waals surface area (Å²) in [5.41, 5.74) is 3.55. The van der Waals surface area contributed by atoms with Gasteiger partial charge in [0, 0.05) is 11.6 Å². The molecule has 0 aliphatic carbocycles. The lowest BCUT2D eigenvalue weighted by atomic mass is 10.1. The van der Waals surface area contributed by atoms with Crippen molar-refractivity contribution in [2.75, 3.05) is 13.7 Å². The van der Waals surface area contributed by atoms with Gasteiger partial charge in [-0.2, -0.15) is 5.10 Å². The molecule has 2 aromatic carbocycles. The fraction of sp³-hybridized carbons (Fsp3) is 0.250. The van der Waals surface area contributed by atoms with Crippen molar-refractivity contribution in [1.29, 1.82) is 0 Å². The molecule has 0 radical (unpaired) electrons. The normalized spacial score (nSPS) is 10.5. The molecular weight excluding hydrogens is 446 g/mol. The maximum atomic E-state index is 12.6. The zero-order valence-electron chi connectivity index (χ0n) is 18.6. The fourth-order valence-corrected chi connectivity index (χ4v) is 3.46.